The fourth-order valence-corrected chi connectivity index (χ4v) is 2.73. The third-order valence-corrected chi connectivity index (χ3v) is 3.83. The van der Waals surface area contributed by atoms with Crippen LogP contribution in [0, 0.1) is 12.8 Å². The van der Waals surface area contributed by atoms with Crippen LogP contribution in [0.3, 0.4) is 0 Å². The molecular formula is C14H18N6O2. The molecule has 8 heteroatoms. The molecule has 0 aromatic carbocycles. The molecule has 1 N–H and O–H groups in total. The molecule has 3 rings (SSSR count). The van der Waals surface area contributed by atoms with Crippen LogP contribution in [-0.2, 0) is 6.54 Å². The summed E-state index contributed by atoms with van der Waals surface area (Å²) in [5.41, 5.74) is 0.887. The van der Waals surface area contributed by atoms with E-state index in [2.05, 4.69) is 25.4 Å². The first-order valence-electron chi connectivity index (χ1n) is 7.30. The Hall–Kier alpha value is -2.51. The zero-order chi connectivity index (χ0) is 15.5. The van der Waals surface area contributed by atoms with E-state index in [9.17, 15) is 4.79 Å². The Bertz CT molecular complexity index is 654. The molecule has 1 fully saturated rings. The summed E-state index contributed by atoms with van der Waals surface area (Å²) in [5, 5.41) is 24.7. The quantitative estimate of drug-likeness (QED) is 0.899. The number of hydrogen-bond donors (Lipinski definition) is 1. The monoisotopic (exact) mass is 302 g/mol. The highest BCUT2D eigenvalue weighted by Crippen LogP contribution is 2.22. The van der Waals surface area contributed by atoms with Crippen molar-refractivity contribution in [2.75, 3.05) is 18.0 Å². The van der Waals surface area contributed by atoms with E-state index in [1.54, 1.807) is 4.68 Å². The second kappa shape index (κ2) is 6.08. The van der Waals surface area contributed by atoms with Crippen molar-refractivity contribution in [3.63, 3.8) is 0 Å². The second-order valence-electron chi connectivity index (χ2n) is 5.62. The van der Waals surface area contributed by atoms with Gasteiger partial charge in [0.1, 0.15) is 0 Å². The van der Waals surface area contributed by atoms with Crippen molar-refractivity contribution in [1.82, 2.24) is 25.2 Å². The Morgan fingerprint density at radius 3 is 2.91 bits per heavy atom. The van der Waals surface area contributed by atoms with Crippen LogP contribution < -0.4 is 4.90 Å². The van der Waals surface area contributed by atoms with Crippen LogP contribution in [0.15, 0.2) is 18.3 Å². The van der Waals surface area contributed by atoms with Gasteiger partial charge < -0.3 is 10.0 Å². The molecule has 1 unspecified atom stereocenters. The number of piperidine rings is 1. The number of carboxylic acid groups (broad SMARTS) is 1. The number of carbonyl (C=O) groups is 1. The van der Waals surface area contributed by atoms with Crippen molar-refractivity contribution >= 4 is 11.8 Å². The number of nitrogens with zero attached hydrogens (tertiary/aromatic N) is 6. The molecule has 1 aliphatic heterocycles. The maximum atomic E-state index is 10.8. The summed E-state index contributed by atoms with van der Waals surface area (Å²) in [6.07, 6.45) is 3.63. The van der Waals surface area contributed by atoms with Crippen LogP contribution in [0.25, 0.3) is 0 Å². The van der Waals surface area contributed by atoms with Crippen molar-refractivity contribution in [3.8, 4) is 0 Å². The van der Waals surface area contributed by atoms with Crippen LogP contribution in [0.2, 0.25) is 0 Å². The standard InChI is InChI=1S/C14H18N6O2/c1-10-4-5-13(17-15-10)19-6-2-3-11(7-19)8-20-9-12(14(21)22)16-18-20/h4-5,9,11H,2-3,6-8H2,1H3,(H,21,22). The number of aromatic nitrogens is 5. The van der Waals surface area contributed by atoms with Gasteiger partial charge in [0.2, 0.25) is 0 Å². The minimum Gasteiger partial charge on any atom is -0.476 e. The summed E-state index contributed by atoms with van der Waals surface area (Å²) in [6.45, 7) is 4.41. The summed E-state index contributed by atoms with van der Waals surface area (Å²) in [6, 6.07) is 3.95. The smallest absolute Gasteiger partial charge is 0.358 e. The van der Waals surface area contributed by atoms with Crippen LogP contribution in [-0.4, -0.2) is 49.4 Å². The summed E-state index contributed by atoms with van der Waals surface area (Å²) in [4.78, 5) is 13.0. The highest BCUT2D eigenvalue weighted by atomic mass is 16.4. The molecule has 8 nitrogen and oxygen atoms in total. The molecule has 2 aromatic heterocycles. The van der Waals surface area contributed by atoms with Gasteiger partial charge in [-0.05, 0) is 37.8 Å². The van der Waals surface area contributed by atoms with Crippen molar-refractivity contribution in [2.24, 2.45) is 5.92 Å². The molecule has 0 aliphatic carbocycles. The molecule has 116 valence electrons. The van der Waals surface area contributed by atoms with Crippen LogP contribution >= 0.6 is 0 Å². The average Bonchev–Trinajstić information content (AvgIpc) is 2.97. The lowest BCUT2D eigenvalue weighted by Crippen LogP contribution is -2.37. The highest BCUT2D eigenvalue weighted by Gasteiger charge is 2.22. The van der Waals surface area contributed by atoms with E-state index in [1.165, 1.54) is 6.20 Å². The van der Waals surface area contributed by atoms with Gasteiger partial charge in [0.15, 0.2) is 11.5 Å². The zero-order valence-corrected chi connectivity index (χ0v) is 12.4. The van der Waals surface area contributed by atoms with Crippen molar-refractivity contribution in [3.05, 3.63) is 29.7 Å². The number of aromatic carboxylic acids is 1. The first-order chi connectivity index (χ1) is 10.6. The van der Waals surface area contributed by atoms with Crippen LogP contribution in [0.4, 0.5) is 5.82 Å². The number of aryl methyl sites for hydroxylation is 1. The van der Waals surface area contributed by atoms with Crippen molar-refractivity contribution < 1.29 is 9.90 Å². The highest BCUT2D eigenvalue weighted by molar-refractivity contribution is 5.84. The molecule has 0 radical (unpaired) electrons. The van der Waals surface area contributed by atoms with E-state index in [0.717, 1.165) is 37.4 Å². The minimum atomic E-state index is -1.05. The summed E-state index contributed by atoms with van der Waals surface area (Å²) < 4.78 is 1.61. The lowest BCUT2D eigenvalue weighted by Gasteiger charge is -2.33. The van der Waals surface area contributed by atoms with Crippen molar-refractivity contribution in [2.45, 2.75) is 26.3 Å². The third kappa shape index (κ3) is 3.21. The first kappa shape index (κ1) is 14.4. The largest absolute Gasteiger partial charge is 0.476 e. The molecular weight excluding hydrogens is 284 g/mol. The fraction of sp³-hybridized carbons (Fsp3) is 0.500. The minimum absolute atomic E-state index is 0.0166. The average molecular weight is 302 g/mol. The van der Waals surface area contributed by atoms with Gasteiger partial charge in [0.05, 0.1) is 11.9 Å². The summed E-state index contributed by atoms with van der Waals surface area (Å²) in [7, 11) is 0. The molecule has 3 heterocycles. The number of carboxylic acids is 1. The van der Waals surface area contributed by atoms with Crippen LogP contribution in [0.1, 0.15) is 29.0 Å². The maximum absolute atomic E-state index is 10.8. The molecule has 0 spiro atoms. The number of hydrogen-bond acceptors (Lipinski definition) is 6. The fourth-order valence-electron chi connectivity index (χ4n) is 2.73. The molecule has 22 heavy (non-hydrogen) atoms. The topological polar surface area (TPSA) is 97.0 Å². The van der Waals surface area contributed by atoms with E-state index < -0.39 is 5.97 Å². The second-order valence-corrected chi connectivity index (χ2v) is 5.62. The predicted molar refractivity (Wildman–Crippen MR) is 78.7 cm³/mol. The van der Waals surface area contributed by atoms with E-state index in [0.29, 0.717) is 12.5 Å². The van der Waals surface area contributed by atoms with Gasteiger partial charge in [-0.25, -0.2) is 4.79 Å². The lowest BCUT2D eigenvalue weighted by molar-refractivity contribution is 0.0690. The van der Waals surface area contributed by atoms with Gasteiger partial charge >= 0.3 is 5.97 Å². The van der Waals surface area contributed by atoms with E-state index >= 15 is 0 Å². The number of anilines is 1. The Kier molecular flexibility index (Phi) is 3.99. The van der Waals surface area contributed by atoms with Gasteiger partial charge in [-0.1, -0.05) is 5.21 Å². The van der Waals surface area contributed by atoms with Gasteiger partial charge in [-0.3, -0.25) is 4.68 Å². The SMILES string of the molecule is Cc1ccc(N2CCCC(Cn3cc(C(=O)O)nn3)C2)nn1. The summed E-state index contributed by atoms with van der Waals surface area (Å²) in [5.74, 6) is 0.228. The van der Waals surface area contributed by atoms with Gasteiger partial charge in [-0.15, -0.1) is 10.2 Å². The van der Waals surface area contributed by atoms with E-state index in [1.807, 2.05) is 19.1 Å². The van der Waals surface area contributed by atoms with E-state index in [-0.39, 0.29) is 5.69 Å². The molecule has 0 saturated carbocycles. The third-order valence-electron chi connectivity index (χ3n) is 3.83. The Balaban J connectivity index is 1.65. The summed E-state index contributed by atoms with van der Waals surface area (Å²) >= 11 is 0. The van der Waals surface area contributed by atoms with E-state index in [4.69, 9.17) is 5.11 Å². The maximum Gasteiger partial charge on any atom is 0.358 e. The molecule has 2 aromatic rings. The lowest BCUT2D eigenvalue weighted by atomic mass is 9.98. The molecule has 0 amide bonds. The van der Waals surface area contributed by atoms with Crippen LogP contribution in [0.5, 0.6) is 0 Å². The van der Waals surface area contributed by atoms with Gasteiger partial charge in [0, 0.05) is 19.6 Å². The molecule has 0 bridgehead atoms. The Morgan fingerprint density at radius 1 is 1.36 bits per heavy atom. The number of rotatable bonds is 4. The zero-order valence-electron chi connectivity index (χ0n) is 12.4. The predicted octanol–water partition coefficient (Wildman–Crippen LogP) is 0.991. The van der Waals surface area contributed by atoms with Gasteiger partial charge in [-0.2, -0.15) is 5.10 Å². The molecule has 1 atom stereocenters. The Morgan fingerprint density at radius 2 is 2.23 bits per heavy atom. The molecule has 1 aliphatic rings. The Labute approximate surface area is 127 Å². The normalized spacial score (nSPS) is 18.4. The first-order valence-corrected chi connectivity index (χ1v) is 7.30. The van der Waals surface area contributed by atoms with Crippen molar-refractivity contribution in [1.29, 1.82) is 0 Å². The van der Waals surface area contributed by atoms with Gasteiger partial charge in [0.25, 0.3) is 0 Å². The molecule has 1 saturated heterocycles.